The Hall–Kier alpha value is -1.22. The average molecular weight is 263 g/mol. The summed E-state index contributed by atoms with van der Waals surface area (Å²) < 4.78 is 11.4. The second-order valence-corrected chi connectivity index (χ2v) is 5.50. The van der Waals surface area contributed by atoms with Crippen LogP contribution in [-0.2, 0) is 0 Å². The lowest BCUT2D eigenvalue weighted by molar-refractivity contribution is 0.297. The van der Waals surface area contributed by atoms with Crippen LogP contribution in [0.4, 0.5) is 0 Å². The van der Waals surface area contributed by atoms with Gasteiger partial charge in [0.15, 0.2) is 11.5 Å². The van der Waals surface area contributed by atoms with E-state index in [4.69, 9.17) is 9.47 Å². The van der Waals surface area contributed by atoms with Crippen LogP contribution in [0.25, 0.3) is 0 Å². The summed E-state index contributed by atoms with van der Waals surface area (Å²) in [6, 6.07) is 6.72. The highest BCUT2D eigenvalue weighted by atomic mass is 16.5. The zero-order chi connectivity index (χ0) is 13.7. The lowest BCUT2D eigenvalue weighted by atomic mass is 9.96. The predicted octanol–water partition coefficient (Wildman–Crippen LogP) is 3.54. The van der Waals surface area contributed by atoms with Gasteiger partial charge in [0.1, 0.15) is 0 Å². The molecule has 1 aromatic rings. The molecule has 0 amide bonds. The average Bonchev–Trinajstić information content (AvgIpc) is 2.62. The summed E-state index contributed by atoms with van der Waals surface area (Å²) in [7, 11) is 0. The third kappa shape index (κ3) is 3.87. The van der Waals surface area contributed by atoms with Gasteiger partial charge in [0.25, 0.3) is 0 Å². The Labute approximate surface area is 116 Å². The van der Waals surface area contributed by atoms with Crippen LogP contribution < -0.4 is 14.8 Å². The summed E-state index contributed by atoms with van der Waals surface area (Å²) in [4.78, 5) is 0. The zero-order valence-electron chi connectivity index (χ0n) is 12.2. The molecule has 0 spiro atoms. The van der Waals surface area contributed by atoms with Crippen molar-refractivity contribution in [2.24, 2.45) is 5.92 Å². The number of fused-ring (bicyclic) bond motifs is 1. The van der Waals surface area contributed by atoms with Crippen molar-refractivity contribution in [3.05, 3.63) is 23.8 Å². The Morgan fingerprint density at radius 2 is 1.89 bits per heavy atom. The van der Waals surface area contributed by atoms with Gasteiger partial charge in [0.2, 0.25) is 0 Å². The van der Waals surface area contributed by atoms with Gasteiger partial charge in [-0.15, -0.1) is 0 Å². The Kier molecular flexibility index (Phi) is 5.08. The molecule has 1 N–H and O–H groups in total. The molecule has 0 bridgehead atoms. The lowest BCUT2D eigenvalue weighted by Gasteiger charge is -2.21. The predicted molar refractivity (Wildman–Crippen MR) is 77.9 cm³/mol. The van der Waals surface area contributed by atoms with Gasteiger partial charge in [-0.2, -0.15) is 0 Å². The van der Waals surface area contributed by atoms with E-state index in [9.17, 15) is 0 Å². The highest BCUT2D eigenvalue weighted by Gasteiger charge is 2.16. The minimum Gasteiger partial charge on any atom is -0.490 e. The maximum Gasteiger partial charge on any atom is 0.161 e. The molecule has 1 unspecified atom stereocenters. The van der Waals surface area contributed by atoms with E-state index in [1.54, 1.807) is 0 Å². The molecule has 1 atom stereocenters. The number of hydrogen-bond acceptors (Lipinski definition) is 3. The van der Waals surface area contributed by atoms with Gasteiger partial charge >= 0.3 is 0 Å². The van der Waals surface area contributed by atoms with E-state index < -0.39 is 0 Å². The van der Waals surface area contributed by atoms with E-state index in [0.717, 1.165) is 44.1 Å². The van der Waals surface area contributed by atoms with Crippen LogP contribution in [0.3, 0.4) is 0 Å². The van der Waals surface area contributed by atoms with Gasteiger partial charge in [-0.3, -0.25) is 0 Å². The molecular weight excluding hydrogens is 238 g/mol. The van der Waals surface area contributed by atoms with Gasteiger partial charge in [-0.05, 0) is 36.6 Å². The molecule has 0 aliphatic carbocycles. The molecule has 1 aromatic carbocycles. The summed E-state index contributed by atoms with van der Waals surface area (Å²) in [5.41, 5.74) is 1.29. The quantitative estimate of drug-likeness (QED) is 0.881. The van der Waals surface area contributed by atoms with Crippen molar-refractivity contribution in [2.75, 3.05) is 19.8 Å². The van der Waals surface area contributed by atoms with E-state index in [0.29, 0.717) is 12.0 Å². The highest BCUT2D eigenvalue weighted by Crippen LogP contribution is 2.33. The number of hydrogen-bond donors (Lipinski definition) is 1. The smallest absolute Gasteiger partial charge is 0.161 e. The molecule has 1 heterocycles. The fourth-order valence-electron chi connectivity index (χ4n) is 2.45. The van der Waals surface area contributed by atoms with Gasteiger partial charge in [-0.25, -0.2) is 0 Å². The summed E-state index contributed by atoms with van der Waals surface area (Å²) in [6.45, 7) is 9.13. The molecule has 0 radical (unpaired) electrons. The van der Waals surface area contributed by atoms with Crippen LogP contribution in [0.1, 0.15) is 45.2 Å². The van der Waals surface area contributed by atoms with Gasteiger partial charge in [0, 0.05) is 12.5 Å². The first kappa shape index (κ1) is 14.2. The molecule has 0 fully saturated rings. The van der Waals surface area contributed by atoms with Crippen LogP contribution in [0.2, 0.25) is 0 Å². The molecule has 3 nitrogen and oxygen atoms in total. The number of benzene rings is 1. The normalized spacial score (nSPS) is 16.2. The Bertz CT molecular complexity index is 404. The first-order valence-corrected chi connectivity index (χ1v) is 7.33. The minimum absolute atomic E-state index is 0.391. The van der Waals surface area contributed by atoms with E-state index in [1.807, 2.05) is 6.07 Å². The number of rotatable bonds is 5. The van der Waals surface area contributed by atoms with Gasteiger partial charge in [-0.1, -0.05) is 26.8 Å². The third-order valence-corrected chi connectivity index (χ3v) is 3.33. The van der Waals surface area contributed by atoms with E-state index in [2.05, 4.69) is 38.2 Å². The van der Waals surface area contributed by atoms with E-state index in [-0.39, 0.29) is 0 Å². The first-order chi connectivity index (χ1) is 9.20. The van der Waals surface area contributed by atoms with Crippen LogP contribution >= 0.6 is 0 Å². The molecule has 1 aliphatic rings. The topological polar surface area (TPSA) is 30.5 Å². The first-order valence-electron chi connectivity index (χ1n) is 7.33. The zero-order valence-corrected chi connectivity index (χ0v) is 12.2. The molecule has 0 saturated carbocycles. The Morgan fingerprint density at radius 3 is 2.58 bits per heavy atom. The molecule has 1 aliphatic heterocycles. The van der Waals surface area contributed by atoms with Crippen molar-refractivity contribution in [3.63, 3.8) is 0 Å². The van der Waals surface area contributed by atoms with E-state index in [1.165, 1.54) is 5.56 Å². The molecule has 106 valence electrons. The minimum atomic E-state index is 0.391. The Morgan fingerprint density at radius 1 is 1.16 bits per heavy atom. The maximum atomic E-state index is 5.77. The summed E-state index contributed by atoms with van der Waals surface area (Å²) in [5.74, 6) is 2.43. The molecular formula is C16H25NO2. The monoisotopic (exact) mass is 263 g/mol. The highest BCUT2D eigenvalue weighted by molar-refractivity contribution is 5.44. The summed E-state index contributed by atoms with van der Waals surface area (Å²) in [5, 5.41) is 3.56. The SMILES string of the molecule is CCNC(CC(C)C)c1ccc2c(c1)OCCCO2. The van der Waals surface area contributed by atoms with Crippen molar-refractivity contribution in [2.45, 2.75) is 39.7 Å². The van der Waals surface area contributed by atoms with Crippen LogP contribution in [0, 0.1) is 5.92 Å². The van der Waals surface area contributed by atoms with E-state index >= 15 is 0 Å². The fraction of sp³-hybridized carbons (Fsp3) is 0.625. The molecule has 19 heavy (non-hydrogen) atoms. The van der Waals surface area contributed by atoms with Gasteiger partial charge in [0.05, 0.1) is 13.2 Å². The molecule has 0 saturated heterocycles. The molecule has 2 rings (SSSR count). The van der Waals surface area contributed by atoms with Crippen molar-refractivity contribution in [1.29, 1.82) is 0 Å². The second kappa shape index (κ2) is 6.80. The number of nitrogens with one attached hydrogen (secondary N) is 1. The van der Waals surface area contributed by atoms with Crippen LogP contribution in [-0.4, -0.2) is 19.8 Å². The molecule has 3 heteroatoms. The van der Waals surface area contributed by atoms with Crippen molar-refractivity contribution >= 4 is 0 Å². The standard InChI is InChI=1S/C16H25NO2/c1-4-17-14(10-12(2)3)13-6-7-15-16(11-13)19-9-5-8-18-15/h6-7,11-12,14,17H,4-5,8-10H2,1-3H3. The van der Waals surface area contributed by atoms with Crippen molar-refractivity contribution in [3.8, 4) is 11.5 Å². The summed E-state index contributed by atoms with van der Waals surface area (Å²) >= 11 is 0. The maximum absolute atomic E-state index is 5.77. The Balaban J connectivity index is 2.20. The molecule has 0 aromatic heterocycles. The third-order valence-electron chi connectivity index (χ3n) is 3.33. The number of ether oxygens (including phenoxy) is 2. The van der Waals surface area contributed by atoms with Crippen LogP contribution in [0.5, 0.6) is 11.5 Å². The van der Waals surface area contributed by atoms with Crippen LogP contribution in [0.15, 0.2) is 18.2 Å². The van der Waals surface area contributed by atoms with Crippen molar-refractivity contribution < 1.29 is 9.47 Å². The largest absolute Gasteiger partial charge is 0.490 e. The fourth-order valence-corrected chi connectivity index (χ4v) is 2.45. The van der Waals surface area contributed by atoms with Gasteiger partial charge < -0.3 is 14.8 Å². The second-order valence-electron chi connectivity index (χ2n) is 5.50. The lowest BCUT2D eigenvalue weighted by Crippen LogP contribution is -2.22. The summed E-state index contributed by atoms with van der Waals surface area (Å²) in [6.07, 6.45) is 2.08. The van der Waals surface area contributed by atoms with Crippen molar-refractivity contribution in [1.82, 2.24) is 5.32 Å².